The summed E-state index contributed by atoms with van der Waals surface area (Å²) >= 11 is 0. The Morgan fingerprint density at radius 2 is 1.75 bits per heavy atom. The predicted octanol–water partition coefficient (Wildman–Crippen LogP) is 3.53. The average molecular weight is 264 g/mol. The van der Waals surface area contributed by atoms with E-state index in [4.69, 9.17) is 10.5 Å². The number of nitrogens with zero attached hydrogens (tertiary/aromatic N) is 1. The summed E-state index contributed by atoms with van der Waals surface area (Å²) in [4.78, 5) is 4.33. The van der Waals surface area contributed by atoms with Crippen molar-refractivity contribution in [2.45, 2.75) is 6.42 Å². The van der Waals surface area contributed by atoms with Gasteiger partial charge in [0.05, 0.1) is 5.52 Å². The zero-order valence-electron chi connectivity index (χ0n) is 11.1. The van der Waals surface area contributed by atoms with Gasteiger partial charge in [0.1, 0.15) is 11.5 Å². The molecule has 0 fully saturated rings. The van der Waals surface area contributed by atoms with Gasteiger partial charge in [-0.1, -0.05) is 18.2 Å². The monoisotopic (exact) mass is 264 g/mol. The summed E-state index contributed by atoms with van der Waals surface area (Å²) in [6.07, 6.45) is 2.67. The van der Waals surface area contributed by atoms with Crippen molar-refractivity contribution < 1.29 is 4.74 Å². The molecule has 2 N–H and O–H groups in total. The summed E-state index contributed by atoms with van der Waals surface area (Å²) in [7, 11) is 0. The first kappa shape index (κ1) is 12.6. The van der Waals surface area contributed by atoms with Gasteiger partial charge in [0, 0.05) is 17.6 Å². The Balaban J connectivity index is 1.81. The molecule has 3 heteroatoms. The molecule has 0 aliphatic heterocycles. The van der Waals surface area contributed by atoms with Gasteiger partial charge < -0.3 is 10.5 Å². The van der Waals surface area contributed by atoms with E-state index in [1.807, 2.05) is 54.6 Å². The molecule has 0 amide bonds. The SMILES string of the molecule is NCCc1ccc(Oc2ccc3cccnc3c2)cc1. The third kappa shape index (κ3) is 2.78. The van der Waals surface area contributed by atoms with Crippen LogP contribution in [0.5, 0.6) is 11.5 Å². The molecule has 0 atom stereocenters. The molecule has 0 unspecified atom stereocenters. The third-order valence-electron chi connectivity index (χ3n) is 3.17. The van der Waals surface area contributed by atoms with Crippen molar-refractivity contribution in [3.8, 4) is 11.5 Å². The van der Waals surface area contributed by atoms with Crippen molar-refractivity contribution in [1.29, 1.82) is 0 Å². The summed E-state index contributed by atoms with van der Waals surface area (Å²) in [6, 6.07) is 17.9. The average Bonchev–Trinajstić information content (AvgIpc) is 2.49. The fourth-order valence-corrected chi connectivity index (χ4v) is 2.14. The second-order valence-electron chi connectivity index (χ2n) is 4.64. The number of fused-ring (bicyclic) bond motifs is 1. The number of hydrogen-bond acceptors (Lipinski definition) is 3. The second kappa shape index (κ2) is 5.72. The molecule has 0 radical (unpaired) electrons. The summed E-state index contributed by atoms with van der Waals surface area (Å²) in [5, 5.41) is 1.11. The second-order valence-corrected chi connectivity index (χ2v) is 4.64. The lowest BCUT2D eigenvalue weighted by Gasteiger charge is -2.07. The van der Waals surface area contributed by atoms with Crippen LogP contribution in [0.2, 0.25) is 0 Å². The van der Waals surface area contributed by atoms with Crippen LogP contribution < -0.4 is 10.5 Å². The molecular weight excluding hydrogens is 248 g/mol. The van der Waals surface area contributed by atoms with E-state index in [1.54, 1.807) is 6.20 Å². The van der Waals surface area contributed by atoms with Gasteiger partial charge in [-0.25, -0.2) is 0 Å². The molecule has 0 bridgehead atoms. The number of benzene rings is 2. The maximum absolute atomic E-state index is 5.85. The van der Waals surface area contributed by atoms with E-state index in [2.05, 4.69) is 4.98 Å². The zero-order valence-corrected chi connectivity index (χ0v) is 11.1. The molecule has 1 aromatic heterocycles. The maximum atomic E-state index is 5.85. The highest BCUT2D eigenvalue weighted by Gasteiger charge is 2.00. The van der Waals surface area contributed by atoms with E-state index in [0.717, 1.165) is 28.8 Å². The van der Waals surface area contributed by atoms with Crippen LogP contribution in [-0.2, 0) is 6.42 Å². The third-order valence-corrected chi connectivity index (χ3v) is 3.17. The van der Waals surface area contributed by atoms with E-state index < -0.39 is 0 Å². The minimum atomic E-state index is 0.663. The minimum absolute atomic E-state index is 0.663. The number of pyridine rings is 1. The van der Waals surface area contributed by atoms with E-state index in [0.29, 0.717) is 6.54 Å². The summed E-state index contributed by atoms with van der Waals surface area (Å²) in [6.45, 7) is 0.663. The molecule has 0 aliphatic rings. The Hall–Kier alpha value is -2.39. The first-order valence-electron chi connectivity index (χ1n) is 6.67. The van der Waals surface area contributed by atoms with Gasteiger partial charge in [0.2, 0.25) is 0 Å². The molecule has 3 nitrogen and oxygen atoms in total. The Bertz CT molecular complexity index is 708. The lowest BCUT2D eigenvalue weighted by Crippen LogP contribution is -2.02. The van der Waals surface area contributed by atoms with Gasteiger partial charge in [0.25, 0.3) is 0 Å². The van der Waals surface area contributed by atoms with Crippen LogP contribution in [-0.4, -0.2) is 11.5 Å². The molecule has 20 heavy (non-hydrogen) atoms. The van der Waals surface area contributed by atoms with Crippen molar-refractivity contribution in [2.24, 2.45) is 5.73 Å². The molecular formula is C17H16N2O. The van der Waals surface area contributed by atoms with Crippen molar-refractivity contribution in [2.75, 3.05) is 6.54 Å². The molecule has 3 rings (SSSR count). The smallest absolute Gasteiger partial charge is 0.129 e. The fourth-order valence-electron chi connectivity index (χ4n) is 2.14. The van der Waals surface area contributed by atoms with Crippen LogP contribution in [0, 0.1) is 0 Å². The van der Waals surface area contributed by atoms with Gasteiger partial charge in [-0.05, 0) is 48.9 Å². The molecule has 0 aliphatic carbocycles. The zero-order chi connectivity index (χ0) is 13.8. The summed E-state index contributed by atoms with van der Waals surface area (Å²) in [5.74, 6) is 1.61. The molecule has 0 saturated carbocycles. The first-order valence-corrected chi connectivity index (χ1v) is 6.67. The van der Waals surface area contributed by atoms with Crippen molar-refractivity contribution in [3.05, 3.63) is 66.4 Å². The van der Waals surface area contributed by atoms with Gasteiger partial charge in [-0.3, -0.25) is 4.98 Å². The molecule has 100 valence electrons. The van der Waals surface area contributed by atoms with Gasteiger partial charge >= 0.3 is 0 Å². The largest absolute Gasteiger partial charge is 0.457 e. The Morgan fingerprint density at radius 1 is 0.950 bits per heavy atom. The summed E-state index contributed by atoms with van der Waals surface area (Å²) in [5.41, 5.74) is 7.69. The highest BCUT2D eigenvalue weighted by atomic mass is 16.5. The highest BCUT2D eigenvalue weighted by Crippen LogP contribution is 2.24. The van der Waals surface area contributed by atoms with Crippen molar-refractivity contribution >= 4 is 10.9 Å². The number of rotatable bonds is 4. The molecule has 0 spiro atoms. The van der Waals surface area contributed by atoms with Crippen LogP contribution in [0.1, 0.15) is 5.56 Å². The number of hydrogen-bond donors (Lipinski definition) is 1. The highest BCUT2D eigenvalue weighted by molar-refractivity contribution is 5.79. The predicted molar refractivity (Wildman–Crippen MR) is 81.0 cm³/mol. The molecule has 0 saturated heterocycles. The normalized spacial score (nSPS) is 10.7. The Labute approximate surface area is 118 Å². The van der Waals surface area contributed by atoms with Crippen molar-refractivity contribution in [1.82, 2.24) is 4.98 Å². The van der Waals surface area contributed by atoms with Crippen molar-refractivity contribution in [3.63, 3.8) is 0 Å². The Kier molecular flexibility index (Phi) is 3.61. The van der Waals surface area contributed by atoms with E-state index in [9.17, 15) is 0 Å². The lowest BCUT2D eigenvalue weighted by molar-refractivity contribution is 0.483. The summed E-state index contributed by atoms with van der Waals surface area (Å²) < 4.78 is 5.85. The lowest BCUT2D eigenvalue weighted by atomic mass is 10.1. The van der Waals surface area contributed by atoms with Gasteiger partial charge in [0.15, 0.2) is 0 Å². The van der Waals surface area contributed by atoms with Crippen LogP contribution in [0.25, 0.3) is 10.9 Å². The quantitative estimate of drug-likeness (QED) is 0.784. The maximum Gasteiger partial charge on any atom is 0.129 e. The van der Waals surface area contributed by atoms with E-state index in [1.165, 1.54) is 5.56 Å². The molecule has 2 aromatic carbocycles. The molecule has 3 aromatic rings. The van der Waals surface area contributed by atoms with Gasteiger partial charge in [-0.15, -0.1) is 0 Å². The van der Waals surface area contributed by atoms with Crippen LogP contribution in [0.3, 0.4) is 0 Å². The standard InChI is InChI=1S/C17H16N2O/c18-10-9-13-3-6-15(7-4-13)20-16-8-5-14-2-1-11-19-17(14)12-16/h1-8,11-12H,9-10,18H2. The van der Waals surface area contributed by atoms with E-state index in [-0.39, 0.29) is 0 Å². The topological polar surface area (TPSA) is 48.1 Å². The minimum Gasteiger partial charge on any atom is -0.457 e. The van der Waals surface area contributed by atoms with Gasteiger partial charge in [-0.2, -0.15) is 0 Å². The van der Waals surface area contributed by atoms with Crippen LogP contribution in [0.15, 0.2) is 60.8 Å². The number of ether oxygens (including phenoxy) is 1. The van der Waals surface area contributed by atoms with Crippen LogP contribution in [0.4, 0.5) is 0 Å². The number of nitrogens with two attached hydrogens (primary N) is 1. The van der Waals surface area contributed by atoms with E-state index >= 15 is 0 Å². The van der Waals surface area contributed by atoms with Crippen LogP contribution >= 0.6 is 0 Å². The fraction of sp³-hybridized carbons (Fsp3) is 0.118. The molecule has 1 heterocycles. The number of aromatic nitrogens is 1. The Morgan fingerprint density at radius 3 is 2.55 bits per heavy atom. The first-order chi connectivity index (χ1) is 9.85.